The predicted octanol–water partition coefficient (Wildman–Crippen LogP) is 5.82. The van der Waals surface area contributed by atoms with Gasteiger partial charge >= 0.3 is 5.63 Å². The van der Waals surface area contributed by atoms with Crippen LogP contribution in [0.1, 0.15) is 24.2 Å². The Hall–Kier alpha value is -3.69. The number of amides is 1. The Kier molecular flexibility index (Phi) is 6.51. The maximum atomic E-state index is 14.4. The van der Waals surface area contributed by atoms with Crippen molar-refractivity contribution in [3.63, 3.8) is 0 Å². The van der Waals surface area contributed by atoms with Crippen LogP contribution in [-0.2, 0) is 0 Å². The summed E-state index contributed by atoms with van der Waals surface area (Å²) in [5, 5.41) is 2.61. The summed E-state index contributed by atoms with van der Waals surface area (Å²) in [7, 11) is 0. The number of likely N-dealkylation sites (N-methyl/N-ethyl adjacent to an activating group) is 1. The summed E-state index contributed by atoms with van der Waals surface area (Å²) >= 11 is 0.998. The quantitative estimate of drug-likeness (QED) is 0.205. The van der Waals surface area contributed by atoms with Crippen molar-refractivity contribution < 1.29 is 18.0 Å². The Morgan fingerprint density at radius 1 is 1.00 bits per heavy atom. The van der Waals surface area contributed by atoms with E-state index in [1.165, 1.54) is 11.0 Å². The molecule has 36 heavy (non-hydrogen) atoms. The number of nitrogens with zero attached hydrogens (tertiary/aromatic N) is 3. The number of anilines is 1. The molecule has 0 N–H and O–H groups in total. The van der Waals surface area contributed by atoms with Crippen LogP contribution >= 0.6 is 11.3 Å². The number of hydrogen-bond donors (Lipinski definition) is 0. The molecular formula is C27H23F2N3O3S. The molecule has 5 rings (SSSR count). The van der Waals surface area contributed by atoms with Gasteiger partial charge in [-0.05, 0) is 42.1 Å². The van der Waals surface area contributed by atoms with E-state index >= 15 is 0 Å². The number of halogens is 2. The Morgan fingerprint density at radius 2 is 1.78 bits per heavy atom. The van der Waals surface area contributed by atoms with Gasteiger partial charge < -0.3 is 9.32 Å². The molecule has 1 amide bonds. The Morgan fingerprint density at radius 3 is 2.56 bits per heavy atom. The number of thiazole rings is 1. The average Bonchev–Trinajstić information content (AvgIpc) is 3.30. The molecule has 0 aliphatic heterocycles. The normalized spacial score (nSPS) is 11.7. The highest BCUT2D eigenvalue weighted by Crippen LogP contribution is 2.32. The minimum absolute atomic E-state index is 0.0198. The second-order valence-corrected chi connectivity index (χ2v) is 9.37. The van der Waals surface area contributed by atoms with Crippen molar-refractivity contribution >= 4 is 54.3 Å². The first-order chi connectivity index (χ1) is 17.4. The van der Waals surface area contributed by atoms with E-state index in [0.29, 0.717) is 17.5 Å². The largest absolute Gasteiger partial charge is 0.422 e. The first-order valence-corrected chi connectivity index (χ1v) is 12.5. The van der Waals surface area contributed by atoms with E-state index in [0.717, 1.165) is 41.3 Å². The zero-order valence-corrected chi connectivity index (χ0v) is 20.6. The van der Waals surface area contributed by atoms with Gasteiger partial charge in [0.05, 0.1) is 4.70 Å². The highest BCUT2D eigenvalue weighted by molar-refractivity contribution is 7.22. The van der Waals surface area contributed by atoms with Crippen molar-refractivity contribution in [2.24, 2.45) is 0 Å². The first kappa shape index (κ1) is 24.0. The minimum atomic E-state index is -0.805. The molecule has 2 aromatic heterocycles. The highest BCUT2D eigenvalue weighted by Gasteiger charge is 2.26. The topological polar surface area (TPSA) is 66.7 Å². The van der Waals surface area contributed by atoms with Crippen molar-refractivity contribution in [1.29, 1.82) is 0 Å². The second-order valence-electron chi connectivity index (χ2n) is 8.36. The summed E-state index contributed by atoms with van der Waals surface area (Å²) in [6.45, 7) is 6.26. The first-order valence-electron chi connectivity index (χ1n) is 11.6. The van der Waals surface area contributed by atoms with Crippen molar-refractivity contribution in [1.82, 2.24) is 9.88 Å². The van der Waals surface area contributed by atoms with Crippen molar-refractivity contribution in [3.8, 4) is 0 Å². The van der Waals surface area contributed by atoms with Crippen LogP contribution in [0, 0.1) is 11.6 Å². The molecular weight excluding hydrogens is 484 g/mol. The standard InChI is InChI=1S/C27H23F2N3O3S/c1-3-31(4-2)11-12-32(27-30-24-21(29)13-17(28)14-23(24)36-27)25(33)20-15-19-18-8-6-5-7-16(18)9-10-22(19)35-26(20)34/h5-10,13-15H,3-4,11-12H2,1-2H3. The average molecular weight is 508 g/mol. The number of carbonyl (C=O) groups excluding carboxylic acids is 1. The zero-order chi connectivity index (χ0) is 25.4. The van der Waals surface area contributed by atoms with Gasteiger partial charge in [-0.2, -0.15) is 0 Å². The van der Waals surface area contributed by atoms with Gasteiger partial charge in [-0.1, -0.05) is 55.5 Å². The van der Waals surface area contributed by atoms with Crippen molar-refractivity contribution in [3.05, 3.63) is 82.2 Å². The van der Waals surface area contributed by atoms with E-state index in [4.69, 9.17) is 4.42 Å². The number of benzene rings is 3. The lowest BCUT2D eigenvalue weighted by Gasteiger charge is -2.24. The minimum Gasteiger partial charge on any atom is -0.422 e. The molecule has 184 valence electrons. The fourth-order valence-electron chi connectivity index (χ4n) is 4.29. The SMILES string of the molecule is CCN(CC)CCN(C(=O)c1cc2c(ccc3ccccc32)oc1=O)c1nc2c(F)cc(F)cc2s1. The van der Waals surface area contributed by atoms with Crippen LogP contribution in [0.2, 0.25) is 0 Å². The number of carbonyl (C=O) groups is 1. The fourth-order valence-corrected chi connectivity index (χ4v) is 5.32. The summed E-state index contributed by atoms with van der Waals surface area (Å²) in [6.07, 6.45) is 0. The predicted molar refractivity (Wildman–Crippen MR) is 139 cm³/mol. The van der Waals surface area contributed by atoms with Crippen molar-refractivity contribution in [2.45, 2.75) is 13.8 Å². The van der Waals surface area contributed by atoms with Crippen LogP contribution in [-0.4, -0.2) is 42.0 Å². The molecule has 0 aliphatic carbocycles. The molecule has 0 spiro atoms. The number of fused-ring (bicyclic) bond motifs is 4. The maximum absolute atomic E-state index is 14.4. The molecule has 2 heterocycles. The Labute approximate surface area is 209 Å². The summed E-state index contributed by atoms with van der Waals surface area (Å²) in [5.74, 6) is -2.13. The van der Waals surface area contributed by atoms with E-state index in [-0.39, 0.29) is 27.5 Å². The molecule has 0 unspecified atom stereocenters. The van der Waals surface area contributed by atoms with Gasteiger partial charge in [0.25, 0.3) is 5.91 Å². The molecule has 0 bridgehead atoms. The molecule has 6 nitrogen and oxygen atoms in total. The van der Waals surface area contributed by atoms with Gasteiger partial charge in [-0.25, -0.2) is 18.6 Å². The molecule has 0 atom stereocenters. The molecule has 0 saturated carbocycles. The lowest BCUT2D eigenvalue weighted by Crippen LogP contribution is -2.40. The third kappa shape index (κ3) is 4.36. The highest BCUT2D eigenvalue weighted by atomic mass is 32.1. The molecule has 9 heteroatoms. The molecule has 3 aromatic carbocycles. The molecule has 0 fully saturated rings. The number of hydrogen-bond acceptors (Lipinski definition) is 6. The van der Waals surface area contributed by atoms with Gasteiger partial charge in [0.2, 0.25) is 0 Å². The lowest BCUT2D eigenvalue weighted by molar-refractivity contribution is 0.0980. The summed E-state index contributed by atoms with van der Waals surface area (Å²) in [6, 6.07) is 14.7. The summed E-state index contributed by atoms with van der Waals surface area (Å²) < 4.78 is 34.0. The van der Waals surface area contributed by atoms with Crippen LogP contribution in [0.25, 0.3) is 32.0 Å². The second kappa shape index (κ2) is 9.75. The summed E-state index contributed by atoms with van der Waals surface area (Å²) in [5.41, 5.74) is -0.561. The van der Waals surface area contributed by atoms with Crippen LogP contribution in [0.4, 0.5) is 13.9 Å². The van der Waals surface area contributed by atoms with Gasteiger partial charge in [0.15, 0.2) is 10.9 Å². The van der Waals surface area contributed by atoms with E-state index in [2.05, 4.69) is 9.88 Å². The molecule has 0 aliphatic rings. The van der Waals surface area contributed by atoms with E-state index in [1.807, 2.05) is 44.2 Å². The van der Waals surface area contributed by atoms with E-state index in [1.54, 1.807) is 12.1 Å². The van der Waals surface area contributed by atoms with Crippen molar-refractivity contribution in [2.75, 3.05) is 31.1 Å². The van der Waals surface area contributed by atoms with Crippen LogP contribution in [0.5, 0.6) is 0 Å². The molecule has 0 radical (unpaired) electrons. The van der Waals surface area contributed by atoms with E-state index < -0.39 is 23.2 Å². The Balaban J connectivity index is 1.63. The van der Waals surface area contributed by atoms with E-state index in [9.17, 15) is 18.4 Å². The fraction of sp³-hybridized carbons (Fsp3) is 0.222. The number of rotatable bonds is 7. The smallest absolute Gasteiger partial charge is 0.349 e. The van der Waals surface area contributed by atoms with Gasteiger partial charge in [-0.3, -0.25) is 9.69 Å². The monoisotopic (exact) mass is 507 g/mol. The van der Waals surface area contributed by atoms with Crippen LogP contribution < -0.4 is 10.5 Å². The van der Waals surface area contributed by atoms with Gasteiger partial charge in [-0.15, -0.1) is 0 Å². The van der Waals surface area contributed by atoms with Crippen LogP contribution in [0.15, 0.2) is 63.8 Å². The third-order valence-corrected chi connectivity index (χ3v) is 7.31. The third-order valence-electron chi connectivity index (χ3n) is 6.28. The molecule has 0 saturated heterocycles. The maximum Gasteiger partial charge on any atom is 0.349 e. The molecule has 5 aromatic rings. The van der Waals surface area contributed by atoms with Gasteiger partial charge in [0.1, 0.15) is 22.5 Å². The van der Waals surface area contributed by atoms with Crippen LogP contribution in [0.3, 0.4) is 0 Å². The lowest BCUT2D eigenvalue weighted by atomic mass is 10.0. The summed E-state index contributed by atoms with van der Waals surface area (Å²) in [4.78, 5) is 34.5. The zero-order valence-electron chi connectivity index (χ0n) is 19.8. The Bertz CT molecular complexity index is 1660. The van der Waals surface area contributed by atoms with Gasteiger partial charge in [0, 0.05) is 24.5 Å². The number of aromatic nitrogens is 1.